The third-order valence-corrected chi connectivity index (χ3v) is 3.71. The number of hydrogen-bond donors (Lipinski definition) is 2. The highest BCUT2D eigenvalue weighted by Crippen LogP contribution is 2.31. The first kappa shape index (κ1) is 13.7. The SMILES string of the molecule is NC(c1ccccc1)C(O)c1ncc(Br)cc1Br. The zero-order chi connectivity index (χ0) is 13.1. The lowest BCUT2D eigenvalue weighted by molar-refractivity contribution is 0.141. The zero-order valence-electron chi connectivity index (χ0n) is 9.42. The van der Waals surface area contributed by atoms with Gasteiger partial charge in [-0.2, -0.15) is 0 Å². The van der Waals surface area contributed by atoms with Gasteiger partial charge in [0.05, 0.1) is 11.7 Å². The second-order valence-corrected chi connectivity index (χ2v) is 5.67. The van der Waals surface area contributed by atoms with Crippen LogP contribution < -0.4 is 5.73 Å². The summed E-state index contributed by atoms with van der Waals surface area (Å²) in [7, 11) is 0. The molecule has 2 rings (SSSR count). The van der Waals surface area contributed by atoms with Crippen LogP contribution in [0.4, 0.5) is 0 Å². The Balaban J connectivity index is 2.28. The fourth-order valence-corrected chi connectivity index (χ4v) is 2.89. The highest BCUT2D eigenvalue weighted by molar-refractivity contribution is 9.11. The highest BCUT2D eigenvalue weighted by Gasteiger charge is 2.22. The lowest BCUT2D eigenvalue weighted by Gasteiger charge is -2.19. The van der Waals surface area contributed by atoms with Crippen LogP contribution in [0.15, 0.2) is 51.5 Å². The second-order valence-electron chi connectivity index (χ2n) is 3.90. The third-order valence-electron chi connectivity index (χ3n) is 2.64. The second kappa shape index (κ2) is 5.93. The van der Waals surface area contributed by atoms with Gasteiger partial charge in [0.2, 0.25) is 0 Å². The van der Waals surface area contributed by atoms with Gasteiger partial charge in [-0.05, 0) is 43.5 Å². The number of rotatable bonds is 3. The van der Waals surface area contributed by atoms with Gasteiger partial charge < -0.3 is 10.8 Å². The highest BCUT2D eigenvalue weighted by atomic mass is 79.9. The minimum Gasteiger partial charge on any atom is -0.385 e. The molecule has 0 bridgehead atoms. The van der Waals surface area contributed by atoms with Crippen molar-refractivity contribution in [1.82, 2.24) is 4.98 Å². The van der Waals surface area contributed by atoms with E-state index < -0.39 is 12.1 Å². The van der Waals surface area contributed by atoms with Crippen molar-refractivity contribution in [2.24, 2.45) is 5.73 Å². The molecule has 94 valence electrons. The van der Waals surface area contributed by atoms with E-state index in [1.807, 2.05) is 36.4 Å². The fraction of sp³-hybridized carbons (Fsp3) is 0.154. The Labute approximate surface area is 122 Å². The average molecular weight is 372 g/mol. The Hall–Kier alpha value is -0.750. The number of hydrogen-bond acceptors (Lipinski definition) is 3. The van der Waals surface area contributed by atoms with E-state index in [9.17, 15) is 5.11 Å². The normalized spacial score (nSPS) is 14.2. The van der Waals surface area contributed by atoms with E-state index in [1.165, 1.54) is 0 Å². The maximum atomic E-state index is 10.3. The van der Waals surface area contributed by atoms with Crippen LogP contribution in [0.3, 0.4) is 0 Å². The summed E-state index contributed by atoms with van der Waals surface area (Å²) in [5.74, 6) is 0. The molecule has 18 heavy (non-hydrogen) atoms. The monoisotopic (exact) mass is 370 g/mol. The Morgan fingerprint density at radius 1 is 1.17 bits per heavy atom. The minimum absolute atomic E-state index is 0.504. The summed E-state index contributed by atoms with van der Waals surface area (Å²) >= 11 is 6.70. The third kappa shape index (κ3) is 2.98. The predicted octanol–water partition coefficient (Wildman–Crippen LogP) is 3.34. The van der Waals surface area contributed by atoms with Crippen molar-refractivity contribution in [3.63, 3.8) is 0 Å². The molecular weight excluding hydrogens is 360 g/mol. The van der Waals surface area contributed by atoms with E-state index in [2.05, 4.69) is 36.8 Å². The molecule has 0 amide bonds. The number of nitrogens with zero attached hydrogens (tertiary/aromatic N) is 1. The molecule has 0 saturated carbocycles. The predicted molar refractivity (Wildman–Crippen MR) is 78.0 cm³/mol. The maximum Gasteiger partial charge on any atom is 0.116 e. The molecule has 0 spiro atoms. The van der Waals surface area contributed by atoms with E-state index in [0.717, 1.165) is 14.5 Å². The fourth-order valence-electron chi connectivity index (χ4n) is 1.67. The van der Waals surface area contributed by atoms with Crippen LogP contribution in [0, 0.1) is 0 Å². The summed E-state index contributed by atoms with van der Waals surface area (Å²) in [6.45, 7) is 0. The Morgan fingerprint density at radius 2 is 1.83 bits per heavy atom. The van der Waals surface area contributed by atoms with E-state index in [1.54, 1.807) is 6.20 Å². The van der Waals surface area contributed by atoms with Gasteiger partial charge in [-0.3, -0.25) is 4.98 Å². The van der Waals surface area contributed by atoms with Gasteiger partial charge in [-0.15, -0.1) is 0 Å². The molecule has 0 saturated heterocycles. The van der Waals surface area contributed by atoms with Crippen LogP contribution in [0.2, 0.25) is 0 Å². The summed E-state index contributed by atoms with van der Waals surface area (Å²) in [6, 6.07) is 10.8. The van der Waals surface area contributed by atoms with Gasteiger partial charge in [0.1, 0.15) is 6.10 Å². The van der Waals surface area contributed by atoms with Crippen molar-refractivity contribution in [3.8, 4) is 0 Å². The quantitative estimate of drug-likeness (QED) is 0.869. The topological polar surface area (TPSA) is 59.1 Å². The van der Waals surface area contributed by atoms with Gasteiger partial charge in [-0.1, -0.05) is 30.3 Å². The number of benzene rings is 1. The van der Waals surface area contributed by atoms with E-state index in [0.29, 0.717) is 5.69 Å². The van der Waals surface area contributed by atoms with E-state index in [-0.39, 0.29) is 0 Å². The molecule has 3 N–H and O–H groups in total. The molecule has 0 aliphatic rings. The molecule has 1 aromatic carbocycles. The summed E-state index contributed by atoms with van der Waals surface area (Å²) in [5.41, 5.74) is 7.47. The van der Waals surface area contributed by atoms with Crippen molar-refractivity contribution in [3.05, 3.63) is 62.8 Å². The van der Waals surface area contributed by atoms with Gasteiger partial charge in [0, 0.05) is 15.1 Å². The van der Waals surface area contributed by atoms with Crippen LogP contribution in [-0.4, -0.2) is 10.1 Å². The van der Waals surface area contributed by atoms with E-state index >= 15 is 0 Å². The maximum absolute atomic E-state index is 10.3. The molecule has 1 heterocycles. The summed E-state index contributed by atoms with van der Waals surface area (Å²) < 4.78 is 1.58. The summed E-state index contributed by atoms with van der Waals surface area (Å²) in [4.78, 5) is 4.20. The molecule has 2 aromatic rings. The molecule has 5 heteroatoms. The number of aromatic nitrogens is 1. The number of halogens is 2. The molecule has 0 aliphatic carbocycles. The molecule has 2 unspecified atom stereocenters. The van der Waals surface area contributed by atoms with E-state index in [4.69, 9.17) is 5.73 Å². The van der Waals surface area contributed by atoms with Crippen LogP contribution in [0.25, 0.3) is 0 Å². The van der Waals surface area contributed by atoms with Gasteiger partial charge in [0.25, 0.3) is 0 Å². The molecule has 0 aliphatic heterocycles. The van der Waals surface area contributed by atoms with Crippen molar-refractivity contribution >= 4 is 31.9 Å². The lowest BCUT2D eigenvalue weighted by atomic mass is 10.00. The number of aliphatic hydroxyl groups excluding tert-OH is 1. The number of nitrogens with two attached hydrogens (primary N) is 1. The minimum atomic E-state index is -0.852. The Bertz CT molecular complexity index is 534. The zero-order valence-corrected chi connectivity index (χ0v) is 12.6. The molecular formula is C13H12Br2N2O. The molecule has 0 radical (unpaired) electrons. The molecule has 1 aromatic heterocycles. The largest absolute Gasteiger partial charge is 0.385 e. The van der Waals surface area contributed by atoms with Crippen LogP contribution in [0.1, 0.15) is 23.4 Å². The van der Waals surface area contributed by atoms with Gasteiger partial charge in [-0.25, -0.2) is 0 Å². The number of pyridine rings is 1. The molecule has 0 fully saturated rings. The first-order valence-electron chi connectivity index (χ1n) is 5.39. The first-order chi connectivity index (χ1) is 8.59. The first-order valence-corrected chi connectivity index (χ1v) is 6.97. The number of aliphatic hydroxyl groups is 1. The van der Waals surface area contributed by atoms with Crippen LogP contribution >= 0.6 is 31.9 Å². The summed E-state index contributed by atoms with van der Waals surface area (Å²) in [6.07, 6.45) is 0.788. The van der Waals surface area contributed by atoms with Crippen molar-refractivity contribution < 1.29 is 5.11 Å². The molecule has 2 atom stereocenters. The van der Waals surface area contributed by atoms with Crippen molar-refractivity contribution in [2.45, 2.75) is 12.1 Å². The van der Waals surface area contributed by atoms with Crippen molar-refractivity contribution in [2.75, 3.05) is 0 Å². The van der Waals surface area contributed by atoms with Gasteiger partial charge >= 0.3 is 0 Å². The van der Waals surface area contributed by atoms with Crippen molar-refractivity contribution in [1.29, 1.82) is 0 Å². The summed E-state index contributed by atoms with van der Waals surface area (Å²) in [5, 5.41) is 10.3. The lowest BCUT2D eigenvalue weighted by Crippen LogP contribution is -2.20. The van der Waals surface area contributed by atoms with Crippen LogP contribution in [-0.2, 0) is 0 Å². The Morgan fingerprint density at radius 3 is 2.44 bits per heavy atom. The average Bonchev–Trinajstić information content (AvgIpc) is 2.38. The van der Waals surface area contributed by atoms with Gasteiger partial charge in [0.15, 0.2) is 0 Å². The molecule has 3 nitrogen and oxygen atoms in total. The van der Waals surface area contributed by atoms with Crippen LogP contribution in [0.5, 0.6) is 0 Å². The smallest absolute Gasteiger partial charge is 0.116 e. The standard InChI is InChI=1S/C13H12Br2N2O/c14-9-6-10(15)12(17-7-9)13(18)11(16)8-4-2-1-3-5-8/h1-7,11,13,18H,16H2. The Kier molecular flexibility index (Phi) is 4.50.